The molecule has 0 unspecified atom stereocenters. The molecule has 1 aliphatic rings. The molecule has 0 atom stereocenters. The SMILES string of the molecule is CO/N=C(\C)c1ccc(-c2cc(NCCCN3CCCCC3)c3cnccc3n2)cc1. The van der Waals surface area contributed by atoms with Crippen molar-refractivity contribution in [2.75, 3.05) is 38.6 Å². The number of likely N-dealkylation sites (tertiary alicyclic amines) is 1. The van der Waals surface area contributed by atoms with Gasteiger partial charge in [-0.1, -0.05) is 35.8 Å². The summed E-state index contributed by atoms with van der Waals surface area (Å²) >= 11 is 0. The third-order valence-corrected chi connectivity index (χ3v) is 5.85. The smallest absolute Gasteiger partial charge is 0.106 e. The van der Waals surface area contributed by atoms with Crippen molar-refractivity contribution in [2.45, 2.75) is 32.6 Å². The van der Waals surface area contributed by atoms with Gasteiger partial charge in [0.2, 0.25) is 0 Å². The number of pyridine rings is 2. The normalized spacial score (nSPS) is 15.2. The monoisotopic (exact) mass is 417 g/mol. The van der Waals surface area contributed by atoms with Gasteiger partial charge in [0, 0.05) is 35.6 Å². The highest BCUT2D eigenvalue weighted by Gasteiger charge is 2.11. The van der Waals surface area contributed by atoms with Gasteiger partial charge in [0.05, 0.1) is 16.9 Å². The molecule has 1 aromatic carbocycles. The van der Waals surface area contributed by atoms with E-state index in [1.807, 2.05) is 19.2 Å². The third-order valence-electron chi connectivity index (χ3n) is 5.85. The van der Waals surface area contributed by atoms with Crippen LogP contribution in [-0.2, 0) is 4.84 Å². The summed E-state index contributed by atoms with van der Waals surface area (Å²) < 4.78 is 0. The van der Waals surface area contributed by atoms with Crippen LogP contribution in [0.15, 0.2) is 53.9 Å². The second kappa shape index (κ2) is 10.4. The van der Waals surface area contributed by atoms with Gasteiger partial charge >= 0.3 is 0 Å². The number of hydrogen-bond donors (Lipinski definition) is 1. The first kappa shape index (κ1) is 21.2. The fraction of sp³-hybridized carbons (Fsp3) is 0.400. The molecule has 3 aromatic rings. The fourth-order valence-corrected chi connectivity index (χ4v) is 4.14. The van der Waals surface area contributed by atoms with E-state index in [0.717, 1.165) is 58.6 Å². The summed E-state index contributed by atoms with van der Waals surface area (Å²) in [4.78, 5) is 16.7. The van der Waals surface area contributed by atoms with Crippen LogP contribution in [0.2, 0.25) is 0 Å². The van der Waals surface area contributed by atoms with Crippen LogP contribution in [0.5, 0.6) is 0 Å². The maximum absolute atomic E-state index is 4.88. The Morgan fingerprint density at radius 3 is 2.71 bits per heavy atom. The second-order valence-corrected chi connectivity index (χ2v) is 8.07. The molecule has 0 spiro atoms. The Morgan fingerprint density at radius 1 is 1.13 bits per heavy atom. The largest absolute Gasteiger partial charge is 0.399 e. The maximum atomic E-state index is 4.88. The van der Waals surface area contributed by atoms with Gasteiger partial charge in [-0.05, 0) is 63.5 Å². The molecule has 1 aliphatic heterocycles. The third kappa shape index (κ3) is 5.39. The van der Waals surface area contributed by atoms with E-state index in [4.69, 9.17) is 9.82 Å². The average molecular weight is 418 g/mol. The zero-order valence-corrected chi connectivity index (χ0v) is 18.5. The van der Waals surface area contributed by atoms with Crippen LogP contribution in [-0.4, -0.2) is 53.9 Å². The number of aromatic nitrogens is 2. The Hall–Kier alpha value is -2.99. The van der Waals surface area contributed by atoms with E-state index in [-0.39, 0.29) is 0 Å². The van der Waals surface area contributed by atoms with Crippen molar-refractivity contribution >= 4 is 22.3 Å². The summed E-state index contributed by atoms with van der Waals surface area (Å²) in [6, 6.07) is 12.4. The Morgan fingerprint density at radius 2 is 1.94 bits per heavy atom. The van der Waals surface area contributed by atoms with Crippen molar-refractivity contribution < 1.29 is 4.84 Å². The Bertz CT molecular complexity index is 1030. The summed E-state index contributed by atoms with van der Waals surface area (Å²) in [5.74, 6) is 0. The van der Waals surface area contributed by atoms with Gasteiger partial charge in [0.1, 0.15) is 7.11 Å². The first-order valence-electron chi connectivity index (χ1n) is 11.1. The molecule has 6 nitrogen and oxygen atoms in total. The Kier molecular flexibility index (Phi) is 7.10. The number of benzene rings is 1. The fourth-order valence-electron chi connectivity index (χ4n) is 4.14. The number of oxime groups is 1. The molecule has 0 radical (unpaired) electrons. The highest BCUT2D eigenvalue weighted by Crippen LogP contribution is 2.28. The van der Waals surface area contributed by atoms with E-state index in [1.165, 1.54) is 32.4 Å². The zero-order chi connectivity index (χ0) is 21.5. The molecule has 0 aliphatic carbocycles. The minimum absolute atomic E-state index is 0.850. The molecule has 0 bridgehead atoms. The molecular formula is C25H31N5O. The van der Waals surface area contributed by atoms with Gasteiger partial charge in [0.15, 0.2) is 0 Å². The zero-order valence-electron chi connectivity index (χ0n) is 18.5. The Labute approximate surface area is 184 Å². The molecule has 1 fully saturated rings. The molecule has 2 aromatic heterocycles. The van der Waals surface area contributed by atoms with E-state index < -0.39 is 0 Å². The first-order chi connectivity index (χ1) is 15.2. The minimum atomic E-state index is 0.850. The highest BCUT2D eigenvalue weighted by atomic mass is 16.6. The van der Waals surface area contributed by atoms with Gasteiger partial charge in [0.25, 0.3) is 0 Å². The van der Waals surface area contributed by atoms with E-state index in [2.05, 4.69) is 50.7 Å². The first-order valence-corrected chi connectivity index (χ1v) is 11.1. The Balaban J connectivity index is 1.51. The van der Waals surface area contributed by atoms with Gasteiger partial charge in [-0.3, -0.25) is 4.98 Å². The maximum Gasteiger partial charge on any atom is 0.106 e. The molecule has 162 valence electrons. The van der Waals surface area contributed by atoms with Crippen molar-refractivity contribution in [1.82, 2.24) is 14.9 Å². The lowest BCUT2D eigenvalue weighted by atomic mass is 10.0. The summed E-state index contributed by atoms with van der Waals surface area (Å²) in [5, 5.41) is 8.71. The van der Waals surface area contributed by atoms with Crippen molar-refractivity contribution in [1.29, 1.82) is 0 Å². The summed E-state index contributed by atoms with van der Waals surface area (Å²) in [6.07, 6.45) is 8.89. The number of hydrogen-bond acceptors (Lipinski definition) is 6. The van der Waals surface area contributed by atoms with Crippen LogP contribution in [0, 0.1) is 0 Å². The lowest BCUT2D eigenvalue weighted by Crippen LogP contribution is -2.31. The van der Waals surface area contributed by atoms with Crippen molar-refractivity contribution in [3.63, 3.8) is 0 Å². The number of nitrogens with zero attached hydrogens (tertiary/aromatic N) is 4. The van der Waals surface area contributed by atoms with Crippen LogP contribution in [0.3, 0.4) is 0 Å². The van der Waals surface area contributed by atoms with Crippen LogP contribution in [0.4, 0.5) is 5.69 Å². The molecule has 1 saturated heterocycles. The van der Waals surface area contributed by atoms with Crippen molar-refractivity contribution in [3.8, 4) is 11.3 Å². The molecule has 31 heavy (non-hydrogen) atoms. The van der Waals surface area contributed by atoms with E-state index >= 15 is 0 Å². The van der Waals surface area contributed by atoms with Crippen LogP contribution in [0.25, 0.3) is 22.2 Å². The predicted octanol–water partition coefficient (Wildman–Crippen LogP) is 4.96. The summed E-state index contributed by atoms with van der Waals surface area (Å²) in [6.45, 7) is 6.53. The van der Waals surface area contributed by atoms with Gasteiger partial charge in [-0.25, -0.2) is 4.98 Å². The molecule has 0 amide bonds. The minimum Gasteiger partial charge on any atom is -0.399 e. The average Bonchev–Trinajstić information content (AvgIpc) is 2.82. The number of piperidine rings is 1. The number of nitrogens with one attached hydrogen (secondary N) is 1. The number of anilines is 1. The molecule has 1 N–H and O–H groups in total. The van der Waals surface area contributed by atoms with Crippen molar-refractivity contribution in [3.05, 3.63) is 54.4 Å². The molecule has 3 heterocycles. The molecule has 0 saturated carbocycles. The van der Waals surface area contributed by atoms with E-state index in [1.54, 1.807) is 13.3 Å². The molecular weight excluding hydrogens is 386 g/mol. The van der Waals surface area contributed by atoms with Gasteiger partial charge in [-0.2, -0.15) is 0 Å². The van der Waals surface area contributed by atoms with Crippen molar-refractivity contribution in [2.24, 2.45) is 5.16 Å². The van der Waals surface area contributed by atoms with E-state index in [9.17, 15) is 0 Å². The number of rotatable bonds is 8. The van der Waals surface area contributed by atoms with Crippen LogP contribution in [0.1, 0.15) is 38.2 Å². The lowest BCUT2D eigenvalue weighted by molar-refractivity contribution is 0.213. The summed E-state index contributed by atoms with van der Waals surface area (Å²) in [5.41, 5.74) is 5.95. The highest BCUT2D eigenvalue weighted by molar-refractivity contribution is 5.99. The standard InChI is InChI=1S/C25H31N5O/c1-19(29-31-2)20-7-9-21(10-8-20)24-17-25(22-18-26-13-11-23(22)28-24)27-12-6-16-30-14-4-3-5-15-30/h7-11,13,17-18H,3-6,12,14-16H2,1-2H3,(H,27,28)/b29-19+. The van der Waals surface area contributed by atoms with E-state index in [0.29, 0.717) is 0 Å². The molecule has 6 heteroatoms. The predicted molar refractivity (Wildman–Crippen MR) is 128 cm³/mol. The quantitative estimate of drug-likeness (QED) is 0.319. The number of fused-ring (bicyclic) bond motifs is 1. The van der Waals surface area contributed by atoms with Gasteiger partial charge < -0.3 is 15.1 Å². The second-order valence-electron chi connectivity index (χ2n) is 8.07. The lowest BCUT2D eigenvalue weighted by Gasteiger charge is -2.26. The summed E-state index contributed by atoms with van der Waals surface area (Å²) in [7, 11) is 1.56. The van der Waals surface area contributed by atoms with Gasteiger partial charge in [-0.15, -0.1) is 0 Å². The van der Waals surface area contributed by atoms with Crippen LogP contribution < -0.4 is 5.32 Å². The van der Waals surface area contributed by atoms with Crippen LogP contribution >= 0.6 is 0 Å². The molecule has 4 rings (SSSR count). The topological polar surface area (TPSA) is 62.6 Å².